The summed E-state index contributed by atoms with van der Waals surface area (Å²) in [6, 6.07) is 1.99. The number of amides is 1. The predicted octanol–water partition coefficient (Wildman–Crippen LogP) is 2.26. The molecule has 6 nitrogen and oxygen atoms in total. The molecule has 1 unspecified atom stereocenters. The highest BCUT2D eigenvalue weighted by Crippen LogP contribution is 2.40. The van der Waals surface area contributed by atoms with Gasteiger partial charge in [-0.15, -0.1) is 11.3 Å². The summed E-state index contributed by atoms with van der Waals surface area (Å²) in [6.07, 6.45) is 3.84. The minimum atomic E-state index is 0.0426. The minimum Gasteiger partial charge on any atom is -0.485 e. The van der Waals surface area contributed by atoms with Gasteiger partial charge in [-0.3, -0.25) is 9.89 Å². The molecule has 1 saturated heterocycles. The standard InChI is InChI=1S/C15H17N3O3S/c19-15(14-13-12(9-22-14)20-6-7-21-13)18-5-1-2-10(8-18)11-3-4-16-17-11/h3-4,9-10H,1-2,5-8H2,(H,16,17). The van der Waals surface area contributed by atoms with Gasteiger partial charge in [-0.25, -0.2) is 0 Å². The van der Waals surface area contributed by atoms with Crippen LogP contribution in [0.5, 0.6) is 11.5 Å². The van der Waals surface area contributed by atoms with Crippen molar-refractivity contribution in [1.29, 1.82) is 0 Å². The molecule has 0 bridgehead atoms. The lowest BCUT2D eigenvalue weighted by molar-refractivity contribution is 0.0702. The third-order valence-electron chi connectivity index (χ3n) is 4.17. The Kier molecular flexibility index (Phi) is 3.49. The number of nitrogens with one attached hydrogen (secondary N) is 1. The van der Waals surface area contributed by atoms with Gasteiger partial charge in [0.2, 0.25) is 0 Å². The molecule has 7 heteroatoms. The molecule has 0 spiro atoms. The van der Waals surface area contributed by atoms with Crippen LogP contribution in [-0.2, 0) is 0 Å². The number of hydrogen-bond donors (Lipinski definition) is 1. The van der Waals surface area contributed by atoms with E-state index in [-0.39, 0.29) is 5.91 Å². The second-order valence-corrected chi connectivity index (χ2v) is 6.44. The largest absolute Gasteiger partial charge is 0.485 e. The van der Waals surface area contributed by atoms with Gasteiger partial charge in [-0.1, -0.05) is 0 Å². The number of likely N-dealkylation sites (tertiary alicyclic amines) is 1. The molecule has 2 aliphatic heterocycles. The zero-order valence-electron chi connectivity index (χ0n) is 12.1. The average molecular weight is 319 g/mol. The number of nitrogens with zero attached hydrogens (tertiary/aromatic N) is 2. The van der Waals surface area contributed by atoms with Crippen LogP contribution in [-0.4, -0.2) is 47.3 Å². The molecule has 116 valence electrons. The van der Waals surface area contributed by atoms with Crippen LogP contribution < -0.4 is 9.47 Å². The van der Waals surface area contributed by atoms with E-state index in [9.17, 15) is 4.79 Å². The van der Waals surface area contributed by atoms with Crippen LogP contribution in [0.2, 0.25) is 0 Å². The van der Waals surface area contributed by atoms with E-state index in [1.807, 2.05) is 16.3 Å². The maximum Gasteiger partial charge on any atom is 0.267 e. The first-order valence-electron chi connectivity index (χ1n) is 7.48. The molecular formula is C15H17N3O3S. The van der Waals surface area contributed by atoms with Crippen molar-refractivity contribution in [3.63, 3.8) is 0 Å². The van der Waals surface area contributed by atoms with Crippen molar-refractivity contribution in [2.75, 3.05) is 26.3 Å². The Morgan fingerprint density at radius 1 is 1.41 bits per heavy atom. The first-order chi connectivity index (χ1) is 10.8. The Morgan fingerprint density at radius 3 is 3.18 bits per heavy atom. The van der Waals surface area contributed by atoms with E-state index in [1.165, 1.54) is 11.3 Å². The third-order valence-corrected chi connectivity index (χ3v) is 5.09. The molecule has 22 heavy (non-hydrogen) atoms. The smallest absolute Gasteiger partial charge is 0.267 e. The SMILES string of the molecule is O=C(c1scc2c1OCCO2)N1CCCC(c2ccn[nH]2)C1. The van der Waals surface area contributed by atoms with Gasteiger partial charge >= 0.3 is 0 Å². The number of carbonyl (C=O) groups is 1. The Balaban J connectivity index is 1.54. The first-order valence-corrected chi connectivity index (χ1v) is 8.36. The van der Waals surface area contributed by atoms with E-state index in [2.05, 4.69) is 10.2 Å². The van der Waals surface area contributed by atoms with E-state index in [0.717, 1.165) is 25.1 Å². The number of carbonyl (C=O) groups excluding carboxylic acids is 1. The van der Waals surface area contributed by atoms with Crippen molar-refractivity contribution in [2.45, 2.75) is 18.8 Å². The number of fused-ring (bicyclic) bond motifs is 1. The molecule has 1 N–H and O–H groups in total. The highest BCUT2D eigenvalue weighted by Gasteiger charge is 2.31. The van der Waals surface area contributed by atoms with Gasteiger partial charge < -0.3 is 14.4 Å². The molecular weight excluding hydrogens is 302 g/mol. The summed E-state index contributed by atoms with van der Waals surface area (Å²) in [5, 5.41) is 8.89. The molecule has 4 rings (SSSR count). The molecule has 4 heterocycles. The van der Waals surface area contributed by atoms with Gasteiger partial charge in [0, 0.05) is 36.3 Å². The zero-order chi connectivity index (χ0) is 14.9. The molecule has 0 aliphatic carbocycles. The molecule has 1 amide bonds. The summed E-state index contributed by atoms with van der Waals surface area (Å²) in [5.41, 5.74) is 1.10. The third kappa shape index (κ3) is 2.35. The van der Waals surface area contributed by atoms with Crippen LogP contribution in [0.1, 0.15) is 34.1 Å². The lowest BCUT2D eigenvalue weighted by Gasteiger charge is -2.32. The Labute approximate surface area is 132 Å². The molecule has 1 fully saturated rings. The number of piperidine rings is 1. The summed E-state index contributed by atoms with van der Waals surface area (Å²) in [7, 11) is 0. The summed E-state index contributed by atoms with van der Waals surface area (Å²) >= 11 is 1.40. The zero-order valence-corrected chi connectivity index (χ0v) is 12.9. The Morgan fingerprint density at radius 2 is 2.32 bits per heavy atom. The maximum atomic E-state index is 12.8. The number of rotatable bonds is 2. The van der Waals surface area contributed by atoms with Crippen LogP contribution >= 0.6 is 11.3 Å². The fourth-order valence-corrected chi connectivity index (χ4v) is 3.96. The average Bonchev–Trinajstić information content (AvgIpc) is 3.24. The van der Waals surface area contributed by atoms with Crippen molar-refractivity contribution in [1.82, 2.24) is 15.1 Å². The Hall–Kier alpha value is -2.02. The highest BCUT2D eigenvalue weighted by molar-refractivity contribution is 7.12. The number of aromatic amines is 1. The lowest BCUT2D eigenvalue weighted by atomic mass is 9.95. The predicted molar refractivity (Wildman–Crippen MR) is 81.8 cm³/mol. The minimum absolute atomic E-state index is 0.0426. The fourth-order valence-electron chi connectivity index (χ4n) is 3.06. The van der Waals surface area contributed by atoms with Crippen molar-refractivity contribution in [2.24, 2.45) is 0 Å². The van der Waals surface area contributed by atoms with Crippen LogP contribution in [0.25, 0.3) is 0 Å². The number of aromatic nitrogens is 2. The van der Waals surface area contributed by atoms with Crippen LogP contribution in [0.4, 0.5) is 0 Å². The van der Waals surface area contributed by atoms with Gasteiger partial charge in [-0.05, 0) is 18.9 Å². The topological polar surface area (TPSA) is 67.5 Å². The second kappa shape index (κ2) is 5.64. The summed E-state index contributed by atoms with van der Waals surface area (Å²) in [5.74, 6) is 1.68. The molecule has 2 aromatic rings. The lowest BCUT2D eigenvalue weighted by Crippen LogP contribution is -2.39. The first kappa shape index (κ1) is 13.6. The maximum absolute atomic E-state index is 12.8. The van der Waals surface area contributed by atoms with E-state index in [1.54, 1.807) is 6.20 Å². The number of H-pyrrole nitrogens is 1. The van der Waals surface area contributed by atoms with Gasteiger partial charge in [0.15, 0.2) is 11.5 Å². The Bertz CT molecular complexity index is 668. The summed E-state index contributed by atoms with van der Waals surface area (Å²) < 4.78 is 11.2. The quantitative estimate of drug-likeness (QED) is 0.922. The van der Waals surface area contributed by atoms with Crippen LogP contribution in [0.15, 0.2) is 17.6 Å². The van der Waals surface area contributed by atoms with Gasteiger partial charge in [-0.2, -0.15) is 5.10 Å². The molecule has 1 atom stereocenters. The molecule has 2 aromatic heterocycles. The van der Waals surface area contributed by atoms with Crippen molar-refractivity contribution < 1.29 is 14.3 Å². The summed E-state index contributed by atoms with van der Waals surface area (Å²) in [6.45, 7) is 2.55. The van der Waals surface area contributed by atoms with E-state index < -0.39 is 0 Å². The van der Waals surface area contributed by atoms with Gasteiger partial charge in [0.05, 0.1) is 0 Å². The van der Waals surface area contributed by atoms with Crippen LogP contribution in [0, 0.1) is 0 Å². The van der Waals surface area contributed by atoms with Crippen molar-refractivity contribution in [3.8, 4) is 11.5 Å². The molecule has 0 aromatic carbocycles. The second-order valence-electron chi connectivity index (χ2n) is 5.56. The normalized spacial score (nSPS) is 20.9. The molecule has 0 saturated carbocycles. The fraction of sp³-hybridized carbons (Fsp3) is 0.467. The van der Waals surface area contributed by atoms with Crippen molar-refractivity contribution >= 4 is 17.2 Å². The number of thiophene rings is 1. The molecule has 2 aliphatic rings. The number of ether oxygens (including phenoxy) is 2. The van der Waals surface area contributed by atoms with Gasteiger partial charge in [0.1, 0.15) is 18.1 Å². The number of hydrogen-bond acceptors (Lipinski definition) is 5. The van der Waals surface area contributed by atoms with Crippen LogP contribution in [0.3, 0.4) is 0 Å². The summed E-state index contributed by atoms with van der Waals surface area (Å²) in [4.78, 5) is 15.4. The van der Waals surface area contributed by atoms with Gasteiger partial charge in [0.25, 0.3) is 5.91 Å². The monoisotopic (exact) mass is 319 g/mol. The van der Waals surface area contributed by atoms with E-state index >= 15 is 0 Å². The van der Waals surface area contributed by atoms with E-state index in [0.29, 0.717) is 42.1 Å². The van der Waals surface area contributed by atoms with Crippen molar-refractivity contribution in [3.05, 3.63) is 28.2 Å². The van der Waals surface area contributed by atoms with E-state index in [4.69, 9.17) is 9.47 Å². The molecule has 0 radical (unpaired) electrons. The highest BCUT2D eigenvalue weighted by atomic mass is 32.1.